The van der Waals surface area contributed by atoms with E-state index in [1.165, 1.54) is 4.90 Å². The largest absolute Gasteiger partial charge is 0.353 e. The zero-order valence-electron chi connectivity index (χ0n) is 23.7. The van der Waals surface area contributed by atoms with Crippen molar-refractivity contribution in [2.45, 2.75) is 96.9 Å². The molecule has 2 atom stereocenters. The topological polar surface area (TPSA) is 98.8 Å². The molecule has 0 aromatic heterocycles. The van der Waals surface area contributed by atoms with Gasteiger partial charge in [-0.1, -0.05) is 33.8 Å². The summed E-state index contributed by atoms with van der Waals surface area (Å²) in [6.07, 6.45) is 3.36. The number of thioether (sulfide) groups is 1. The van der Waals surface area contributed by atoms with Gasteiger partial charge in [-0.15, -0.1) is 0 Å². The van der Waals surface area contributed by atoms with Gasteiger partial charge in [0.2, 0.25) is 17.7 Å². The van der Waals surface area contributed by atoms with Gasteiger partial charge in [0.25, 0.3) is 0 Å². The van der Waals surface area contributed by atoms with Gasteiger partial charge in [0, 0.05) is 56.1 Å². The van der Waals surface area contributed by atoms with Crippen LogP contribution in [0, 0.1) is 5.41 Å². The third-order valence-corrected chi connectivity index (χ3v) is 7.71. The first-order valence-corrected chi connectivity index (χ1v) is 14.0. The number of ketones is 1. The van der Waals surface area contributed by atoms with Gasteiger partial charge in [-0.2, -0.15) is 11.8 Å². The molecule has 0 aromatic rings. The maximum Gasteiger partial charge on any atom is 0.243 e. The second-order valence-electron chi connectivity index (χ2n) is 11.6. The average Bonchev–Trinajstić information content (AvgIpc) is 3.05. The molecule has 3 amide bonds. The van der Waals surface area contributed by atoms with Gasteiger partial charge >= 0.3 is 0 Å². The van der Waals surface area contributed by atoms with Crippen molar-refractivity contribution < 1.29 is 19.2 Å². The molecule has 2 unspecified atom stereocenters. The van der Waals surface area contributed by atoms with Crippen molar-refractivity contribution in [1.82, 2.24) is 20.4 Å². The zero-order chi connectivity index (χ0) is 27.7. The molecule has 1 aliphatic rings. The van der Waals surface area contributed by atoms with Crippen molar-refractivity contribution in [2.24, 2.45) is 5.41 Å². The number of carbonyl (C=O) groups excluding carboxylic acids is 4. The van der Waals surface area contributed by atoms with Crippen molar-refractivity contribution in [3.05, 3.63) is 12.3 Å². The van der Waals surface area contributed by atoms with Crippen LogP contribution in [0.5, 0.6) is 0 Å². The smallest absolute Gasteiger partial charge is 0.243 e. The number of rotatable bonds is 14. The van der Waals surface area contributed by atoms with Crippen LogP contribution in [0.15, 0.2) is 12.3 Å². The Labute approximate surface area is 222 Å². The van der Waals surface area contributed by atoms with E-state index in [1.54, 1.807) is 25.9 Å². The maximum absolute atomic E-state index is 12.9. The van der Waals surface area contributed by atoms with E-state index < -0.39 is 11.5 Å². The van der Waals surface area contributed by atoms with Gasteiger partial charge < -0.3 is 20.4 Å². The molecule has 206 valence electrons. The molecule has 9 heteroatoms. The molecule has 2 N–H and O–H groups in total. The summed E-state index contributed by atoms with van der Waals surface area (Å²) in [6, 6.07) is -0.812. The minimum absolute atomic E-state index is 0.00332. The van der Waals surface area contributed by atoms with Crippen LogP contribution in [0.4, 0.5) is 0 Å². The summed E-state index contributed by atoms with van der Waals surface area (Å²) < 4.78 is 0. The van der Waals surface area contributed by atoms with Crippen molar-refractivity contribution in [3.8, 4) is 0 Å². The Kier molecular flexibility index (Phi) is 12.7. The Hall–Kier alpha value is -1.87. The van der Waals surface area contributed by atoms with Gasteiger partial charge in [-0.3, -0.25) is 19.2 Å². The van der Waals surface area contributed by atoms with Crippen LogP contribution in [0.2, 0.25) is 0 Å². The molecule has 0 aromatic carbocycles. The number of likely N-dealkylation sites (N-methyl/N-ethyl adjacent to an activating group) is 2. The molecule has 1 heterocycles. The van der Waals surface area contributed by atoms with E-state index in [-0.39, 0.29) is 40.7 Å². The number of likely N-dealkylation sites (tertiary alicyclic amines) is 1. The quantitative estimate of drug-likeness (QED) is 0.338. The summed E-state index contributed by atoms with van der Waals surface area (Å²) in [5.74, 6) is 0.549. The lowest BCUT2D eigenvalue weighted by molar-refractivity contribution is -0.141. The third-order valence-electron chi connectivity index (χ3n) is 6.35. The van der Waals surface area contributed by atoms with E-state index in [1.807, 2.05) is 46.4 Å². The van der Waals surface area contributed by atoms with Gasteiger partial charge in [-0.05, 0) is 46.4 Å². The van der Waals surface area contributed by atoms with Gasteiger partial charge in [0.05, 0.1) is 5.25 Å². The van der Waals surface area contributed by atoms with E-state index in [4.69, 9.17) is 0 Å². The highest BCUT2D eigenvalue weighted by molar-refractivity contribution is 8.00. The van der Waals surface area contributed by atoms with Crippen LogP contribution in [0.25, 0.3) is 0 Å². The Morgan fingerprint density at radius 3 is 2.28 bits per heavy atom. The highest BCUT2D eigenvalue weighted by Gasteiger charge is 2.39. The summed E-state index contributed by atoms with van der Waals surface area (Å²) in [7, 11) is 3.41. The normalized spacial score (nSPS) is 17.3. The molecule has 1 fully saturated rings. The van der Waals surface area contributed by atoms with Crippen molar-refractivity contribution in [2.75, 3.05) is 32.9 Å². The number of nitrogens with one attached hydrogen (secondary N) is 2. The van der Waals surface area contributed by atoms with E-state index in [2.05, 4.69) is 17.2 Å². The van der Waals surface area contributed by atoms with Crippen molar-refractivity contribution >= 4 is 35.3 Å². The van der Waals surface area contributed by atoms with Gasteiger partial charge in [0.1, 0.15) is 11.8 Å². The molecule has 0 radical (unpaired) electrons. The fraction of sp³-hybridized carbons (Fsp3) is 0.778. The molecule has 8 nitrogen and oxygen atoms in total. The van der Waals surface area contributed by atoms with E-state index in [9.17, 15) is 19.2 Å². The number of carbonyl (C=O) groups is 4. The number of unbranched alkanes of at least 4 members (excludes halogenated alkanes) is 2. The maximum atomic E-state index is 12.9. The number of hydrogen-bond donors (Lipinski definition) is 2. The standard InChI is InChI=1S/C27H48N4O4S/c1-19-21(18-24(34)31(19)27(5,6)7)36-16-12-10-11-13-23(33)30(9)20(17-22(32)26(2,3)4)25(35)29-15-14-28-8/h20-21,28H,1,10-18H2,2-9H3,(H,29,35). The van der Waals surface area contributed by atoms with Gasteiger partial charge in [-0.25, -0.2) is 0 Å². The average molecular weight is 525 g/mol. The molecule has 1 aliphatic heterocycles. The van der Waals surface area contributed by atoms with Crippen LogP contribution in [0.3, 0.4) is 0 Å². The first kappa shape index (κ1) is 32.2. The van der Waals surface area contributed by atoms with Crippen LogP contribution in [0.1, 0.15) is 80.1 Å². The van der Waals surface area contributed by atoms with E-state index in [0.717, 1.165) is 24.3 Å². The molecular formula is C27H48N4O4S. The minimum atomic E-state index is -0.812. The Morgan fingerprint density at radius 1 is 1.11 bits per heavy atom. The predicted molar refractivity (Wildman–Crippen MR) is 148 cm³/mol. The van der Waals surface area contributed by atoms with Crippen LogP contribution >= 0.6 is 11.8 Å². The third kappa shape index (κ3) is 9.88. The Balaban J connectivity index is 2.52. The van der Waals surface area contributed by atoms with Gasteiger partial charge in [0.15, 0.2) is 0 Å². The summed E-state index contributed by atoms with van der Waals surface area (Å²) in [4.78, 5) is 53.9. The fourth-order valence-corrected chi connectivity index (χ4v) is 5.29. The minimum Gasteiger partial charge on any atom is -0.353 e. The van der Waals surface area contributed by atoms with Crippen molar-refractivity contribution in [1.29, 1.82) is 0 Å². The number of hydrogen-bond acceptors (Lipinski definition) is 6. The molecular weight excluding hydrogens is 476 g/mol. The number of amides is 3. The molecule has 1 saturated heterocycles. The SMILES string of the molecule is C=C1C(SCCCCCC(=O)N(C)C(CC(=O)C(C)(C)C)C(=O)NCCNC)CC(=O)N1C(C)(C)C. The molecule has 0 saturated carbocycles. The lowest BCUT2D eigenvalue weighted by atomic mass is 9.86. The highest BCUT2D eigenvalue weighted by Crippen LogP contribution is 2.36. The molecule has 36 heavy (non-hydrogen) atoms. The lowest BCUT2D eigenvalue weighted by Gasteiger charge is -2.33. The number of Topliss-reactive ketones (excluding diaryl/α,β-unsaturated/α-hetero) is 1. The second-order valence-corrected chi connectivity index (χ2v) is 12.9. The molecule has 0 bridgehead atoms. The van der Waals surface area contributed by atoms with Crippen molar-refractivity contribution in [3.63, 3.8) is 0 Å². The summed E-state index contributed by atoms with van der Waals surface area (Å²) >= 11 is 1.76. The molecule has 0 spiro atoms. The fourth-order valence-electron chi connectivity index (χ4n) is 4.08. The number of nitrogens with zero attached hydrogens (tertiary/aromatic N) is 2. The van der Waals surface area contributed by atoms with E-state index in [0.29, 0.717) is 32.4 Å². The highest BCUT2D eigenvalue weighted by atomic mass is 32.2. The zero-order valence-corrected chi connectivity index (χ0v) is 24.5. The van der Waals surface area contributed by atoms with E-state index >= 15 is 0 Å². The van der Waals surface area contributed by atoms with Crippen LogP contribution in [-0.2, 0) is 19.2 Å². The summed E-state index contributed by atoms with van der Waals surface area (Å²) in [5, 5.41) is 5.91. The predicted octanol–water partition coefficient (Wildman–Crippen LogP) is 3.36. The monoisotopic (exact) mass is 524 g/mol. The first-order chi connectivity index (χ1) is 16.6. The molecule has 0 aliphatic carbocycles. The van der Waals surface area contributed by atoms with Crippen LogP contribution in [-0.4, -0.2) is 83.1 Å². The Morgan fingerprint density at radius 2 is 1.75 bits per heavy atom. The second kappa shape index (κ2) is 14.2. The first-order valence-electron chi connectivity index (χ1n) is 13.0. The lowest BCUT2D eigenvalue weighted by Crippen LogP contribution is -2.50. The summed E-state index contributed by atoms with van der Waals surface area (Å²) in [5.41, 5.74) is 0.0531. The Bertz CT molecular complexity index is 801. The summed E-state index contributed by atoms with van der Waals surface area (Å²) in [6.45, 7) is 16.7. The molecule has 1 rings (SSSR count). The van der Waals surface area contributed by atoms with Crippen LogP contribution < -0.4 is 10.6 Å².